The molecule has 8 heteroatoms. The first kappa shape index (κ1) is 17.3. The SMILES string of the molecule is O=C(NC1CCN(c2nccc(-c3ccc[nH]3)n2)C1)c1ccc2cccnc2n1. The summed E-state index contributed by atoms with van der Waals surface area (Å²) in [6.45, 7) is 1.44. The van der Waals surface area contributed by atoms with Gasteiger partial charge in [-0.05, 0) is 48.9 Å². The van der Waals surface area contributed by atoms with Gasteiger partial charge in [0.25, 0.3) is 5.91 Å². The van der Waals surface area contributed by atoms with E-state index in [1.807, 2.05) is 42.6 Å². The summed E-state index contributed by atoms with van der Waals surface area (Å²) in [6.07, 6.45) is 6.13. The van der Waals surface area contributed by atoms with Gasteiger partial charge in [-0.1, -0.05) is 0 Å². The second-order valence-electron chi connectivity index (χ2n) is 6.98. The number of hydrogen-bond acceptors (Lipinski definition) is 6. The highest BCUT2D eigenvalue weighted by atomic mass is 16.2. The molecule has 1 atom stereocenters. The van der Waals surface area contributed by atoms with E-state index in [9.17, 15) is 4.79 Å². The van der Waals surface area contributed by atoms with Crippen LogP contribution < -0.4 is 10.2 Å². The topological polar surface area (TPSA) is 99.7 Å². The third-order valence-corrected chi connectivity index (χ3v) is 5.02. The summed E-state index contributed by atoms with van der Waals surface area (Å²) < 4.78 is 0. The Hall–Kier alpha value is -3.81. The van der Waals surface area contributed by atoms with Crippen LogP contribution in [0.15, 0.2) is 61.1 Å². The Morgan fingerprint density at radius 3 is 2.93 bits per heavy atom. The summed E-state index contributed by atoms with van der Waals surface area (Å²) in [5.41, 5.74) is 2.75. The molecule has 1 unspecified atom stereocenters. The van der Waals surface area contributed by atoms with Crippen LogP contribution >= 0.6 is 0 Å². The van der Waals surface area contributed by atoms with Crippen molar-refractivity contribution in [1.29, 1.82) is 0 Å². The molecule has 0 spiro atoms. The number of pyridine rings is 2. The molecule has 4 aromatic rings. The van der Waals surface area contributed by atoms with Gasteiger partial charge < -0.3 is 15.2 Å². The van der Waals surface area contributed by atoms with Crippen LogP contribution in [0, 0.1) is 0 Å². The predicted octanol–water partition coefficient (Wildman–Crippen LogP) is 2.42. The first-order chi connectivity index (χ1) is 14.3. The van der Waals surface area contributed by atoms with Crippen molar-refractivity contribution in [2.24, 2.45) is 0 Å². The number of aromatic amines is 1. The van der Waals surface area contributed by atoms with Crippen molar-refractivity contribution in [2.75, 3.05) is 18.0 Å². The van der Waals surface area contributed by atoms with E-state index in [1.165, 1.54) is 0 Å². The minimum atomic E-state index is -0.189. The number of carbonyl (C=O) groups is 1. The highest BCUT2D eigenvalue weighted by molar-refractivity contribution is 5.94. The molecule has 1 amide bonds. The monoisotopic (exact) mass is 385 g/mol. The Bertz CT molecular complexity index is 1160. The van der Waals surface area contributed by atoms with Gasteiger partial charge in [0.15, 0.2) is 5.65 Å². The predicted molar refractivity (Wildman–Crippen MR) is 109 cm³/mol. The van der Waals surface area contributed by atoms with Crippen molar-refractivity contribution in [3.8, 4) is 11.4 Å². The first-order valence-corrected chi connectivity index (χ1v) is 9.51. The lowest BCUT2D eigenvalue weighted by Crippen LogP contribution is -2.37. The van der Waals surface area contributed by atoms with Gasteiger partial charge in [0, 0.05) is 43.1 Å². The zero-order valence-corrected chi connectivity index (χ0v) is 15.6. The van der Waals surface area contributed by atoms with E-state index in [2.05, 4.69) is 35.1 Å². The zero-order chi connectivity index (χ0) is 19.6. The summed E-state index contributed by atoms with van der Waals surface area (Å²) >= 11 is 0. The average molecular weight is 385 g/mol. The molecule has 0 bridgehead atoms. The lowest BCUT2D eigenvalue weighted by Gasteiger charge is -2.17. The molecule has 29 heavy (non-hydrogen) atoms. The maximum absolute atomic E-state index is 12.6. The van der Waals surface area contributed by atoms with Crippen LogP contribution in [0.1, 0.15) is 16.9 Å². The zero-order valence-electron chi connectivity index (χ0n) is 15.6. The van der Waals surface area contributed by atoms with Crippen molar-refractivity contribution in [2.45, 2.75) is 12.5 Å². The minimum absolute atomic E-state index is 0.0153. The second kappa shape index (κ2) is 7.31. The van der Waals surface area contributed by atoms with Crippen LogP contribution in [0.2, 0.25) is 0 Å². The molecular formula is C21H19N7O. The number of rotatable bonds is 4. The van der Waals surface area contributed by atoms with E-state index in [0.717, 1.165) is 29.7 Å². The fraction of sp³-hybridized carbons (Fsp3) is 0.190. The summed E-state index contributed by atoms with van der Waals surface area (Å²) in [7, 11) is 0. The maximum Gasteiger partial charge on any atom is 0.270 e. The Labute approximate surface area is 167 Å². The molecule has 144 valence electrons. The molecule has 2 N–H and O–H groups in total. The molecule has 0 aromatic carbocycles. The number of H-pyrrole nitrogens is 1. The van der Waals surface area contributed by atoms with Gasteiger partial charge in [-0.15, -0.1) is 0 Å². The quantitative estimate of drug-likeness (QED) is 0.560. The van der Waals surface area contributed by atoms with Gasteiger partial charge in [-0.2, -0.15) is 0 Å². The van der Waals surface area contributed by atoms with Gasteiger partial charge in [0.05, 0.1) is 11.4 Å². The molecule has 0 aliphatic carbocycles. The van der Waals surface area contributed by atoms with Gasteiger partial charge in [-0.3, -0.25) is 4.79 Å². The van der Waals surface area contributed by atoms with Gasteiger partial charge >= 0.3 is 0 Å². The summed E-state index contributed by atoms with van der Waals surface area (Å²) in [4.78, 5) is 35.5. The smallest absolute Gasteiger partial charge is 0.270 e. The van der Waals surface area contributed by atoms with Gasteiger partial charge in [0.1, 0.15) is 5.69 Å². The van der Waals surface area contributed by atoms with E-state index >= 15 is 0 Å². The Balaban J connectivity index is 1.27. The van der Waals surface area contributed by atoms with Crippen molar-refractivity contribution in [3.63, 3.8) is 0 Å². The molecule has 1 fully saturated rings. The number of nitrogens with one attached hydrogen (secondary N) is 2. The highest BCUT2D eigenvalue weighted by Crippen LogP contribution is 2.20. The number of carbonyl (C=O) groups excluding carboxylic acids is 1. The van der Waals surface area contributed by atoms with Crippen molar-refractivity contribution < 1.29 is 4.79 Å². The fourth-order valence-electron chi connectivity index (χ4n) is 3.54. The molecule has 0 radical (unpaired) electrons. The van der Waals surface area contributed by atoms with Crippen LogP contribution in [0.25, 0.3) is 22.4 Å². The maximum atomic E-state index is 12.6. The van der Waals surface area contributed by atoms with Crippen LogP contribution in [0.5, 0.6) is 0 Å². The van der Waals surface area contributed by atoms with Gasteiger partial charge in [0.2, 0.25) is 5.95 Å². The minimum Gasteiger partial charge on any atom is -0.360 e. The number of aromatic nitrogens is 5. The first-order valence-electron chi connectivity index (χ1n) is 9.51. The molecule has 8 nitrogen and oxygen atoms in total. The molecule has 5 rings (SSSR count). The Morgan fingerprint density at radius 1 is 1.07 bits per heavy atom. The number of fused-ring (bicyclic) bond motifs is 1. The van der Waals surface area contributed by atoms with Crippen molar-refractivity contribution >= 4 is 22.9 Å². The Morgan fingerprint density at radius 2 is 2.03 bits per heavy atom. The van der Waals surface area contributed by atoms with E-state index in [-0.39, 0.29) is 11.9 Å². The van der Waals surface area contributed by atoms with Crippen molar-refractivity contribution in [3.05, 3.63) is 66.7 Å². The molecular weight excluding hydrogens is 366 g/mol. The summed E-state index contributed by atoms with van der Waals surface area (Å²) in [5, 5.41) is 3.98. The van der Waals surface area contributed by atoms with Crippen LogP contribution in [0.3, 0.4) is 0 Å². The van der Waals surface area contributed by atoms with Gasteiger partial charge in [-0.25, -0.2) is 19.9 Å². The lowest BCUT2D eigenvalue weighted by molar-refractivity contribution is 0.0935. The normalized spacial score (nSPS) is 16.3. The van der Waals surface area contributed by atoms with Crippen LogP contribution in [-0.4, -0.2) is 50.0 Å². The Kier molecular flexibility index (Phi) is 4.36. The molecule has 5 heterocycles. The molecule has 4 aromatic heterocycles. The number of amides is 1. The third kappa shape index (κ3) is 3.52. The number of hydrogen-bond donors (Lipinski definition) is 2. The largest absolute Gasteiger partial charge is 0.360 e. The van der Waals surface area contributed by atoms with E-state index < -0.39 is 0 Å². The van der Waals surface area contributed by atoms with Crippen LogP contribution in [-0.2, 0) is 0 Å². The average Bonchev–Trinajstić information content (AvgIpc) is 3.46. The number of nitrogens with zero attached hydrogens (tertiary/aromatic N) is 5. The molecule has 1 saturated heterocycles. The summed E-state index contributed by atoms with van der Waals surface area (Å²) in [5.74, 6) is 0.479. The summed E-state index contributed by atoms with van der Waals surface area (Å²) in [6, 6.07) is 13.2. The van der Waals surface area contributed by atoms with Crippen molar-refractivity contribution in [1.82, 2.24) is 30.2 Å². The number of anilines is 1. The third-order valence-electron chi connectivity index (χ3n) is 5.02. The van der Waals surface area contributed by atoms with E-state index in [1.54, 1.807) is 18.5 Å². The lowest BCUT2D eigenvalue weighted by atomic mass is 10.2. The second-order valence-corrected chi connectivity index (χ2v) is 6.98. The highest BCUT2D eigenvalue weighted by Gasteiger charge is 2.26. The molecule has 1 aliphatic heterocycles. The van der Waals surface area contributed by atoms with E-state index in [0.29, 0.717) is 23.8 Å². The fourth-order valence-corrected chi connectivity index (χ4v) is 3.54. The van der Waals surface area contributed by atoms with E-state index in [4.69, 9.17) is 0 Å². The molecule has 1 aliphatic rings. The van der Waals surface area contributed by atoms with Crippen LogP contribution in [0.4, 0.5) is 5.95 Å². The standard InChI is InChI=1S/C21H19N7O/c29-20(18-6-5-14-3-1-10-23-19(14)26-18)25-15-8-12-28(13-15)21-24-11-7-17(27-21)16-4-2-9-22-16/h1-7,9-11,15,22H,8,12-13H2,(H,25,29). The molecule has 0 saturated carbocycles.